The van der Waals surface area contributed by atoms with Crippen molar-refractivity contribution in [3.8, 4) is 0 Å². The molecule has 0 rings (SSSR count). The average Bonchev–Trinajstić information content (AvgIpc) is 2.12. The minimum Gasteiger partial charge on any atom is -0.646 e. The molecule has 0 saturated heterocycles. The highest BCUT2D eigenvalue weighted by Crippen LogP contribution is 2.23. The van der Waals surface area contributed by atoms with E-state index < -0.39 is 14.5 Å². The zero-order valence-electron chi connectivity index (χ0n) is 11.2. The van der Waals surface area contributed by atoms with Crippen LogP contribution in [0.1, 0.15) is 41.5 Å². The molecule has 0 aromatic rings. The van der Waals surface area contributed by atoms with Crippen molar-refractivity contribution in [1.29, 1.82) is 0 Å². The van der Waals surface area contributed by atoms with Crippen molar-refractivity contribution in [2.75, 3.05) is 7.05 Å². The number of rotatable bonds is 5. The lowest BCUT2D eigenvalue weighted by Gasteiger charge is -2.21. The Hall–Kier alpha value is -0.258. The second-order valence-corrected chi connectivity index (χ2v) is 8.52. The zero-order chi connectivity index (χ0) is 12.0. The molecule has 0 unspecified atom stereocenters. The molecule has 0 radical (unpaired) electrons. The third-order valence-electron chi connectivity index (χ3n) is 2.40. The number of aliphatic imine (C=N–C) groups is 1. The Morgan fingerprint density at radius 3 is 1.93 bits per heavy atom. The van der Waals surface area contributed by atoms with Gasteiger partial charge in [-0.05, 0) is 29.5 Å². The molecule has 0 aliphatic rings. The molecule has 0 fully saturated rings. The fourth-order valence-corrected chi connectivity index (χ4v) is 4.23. The van der Waals surface area contributed by atoms with Gasteiger partial charge in [0.1, 0.15) is 0 Å². The Balaban J connectivity index is 4.48. The Bertz CT molecular complexity index is 236. The standard InChI is InChI=1S/C6H11NO.2C3H7.Al/c1-5(7-3)4-6(2)8;2*1-3-2;/h4,8H,1-3H3;2*3H,1-2H3;/q;;;+1/p-1/b6-4-,7-5?;;;. The maximum atomic E-state index is 6.06. The van der Waals surface area contributed by atoms with E-state index in [0.717, 1.165) is 11.5 Å². The number of allylic oxidation sites excluding steroid dienone is 2. The van der Waals surface area contributed by atoms with Crippen LogP contribution in [0, 0.1) is 0 Å². The maximum absolute atomic E-state index is 6.06. The molecule has 0 aliphatic carbocycles. The largest absolute Gasteiger partial charge is 0.646 e. The summed E-state index contributed by atoms with van der Waals surface area (Å²) in [5.41, 5.74) is 1.02. The van der Waals surface area contributed by atoms with Gasteiger partial charge in [-0.25, -0.2) is 0 Å². The van der Waals surface area contributed by atoms with Gasteiger partial charge < -0.3 is 3.79 Å². The van der Waals surface area contributed by atoms with Gasteiger partial charge in [0, 0.05) is 12.8 Å². The normalized spacial score (nSPS) is 13.7. The molecule has 0 spiro atoms. The van der Waals surface area contributed by atoms with Crippen LogP contribution in [0.4, 0.5) is 0 Å². The first-order valence-corrected chi connectivity index (χ1v) is 7.47. The van der Waals surface area contributed by atoms with E-state index in [0.29, 0.717) is 9.56 Å². The molecule has 0 aromatic carbocycles. The minimum absolute atomic E-state index is 0.673. The predicted molar refractivity (Wildman–Crippen MR) is 69.8 cm³/mol. The summed E-state index contributed by atoms with van der Waals surface area (Å²) in [6.07, 6.45) is 2.02. The summed E-state index contributed by atoms with van der Waals surface area (Å²) >= 11 is -1.13. The monoisotopic (exact) mass is 225 g/mol. The molecular formula is C12H24AlNO. The van der Waals surface area contributed by atoms with Crippen molar-refractivity contribution >= 4 is 20.2 Å². The molecule has 0 heterocycles. The van der Waals surface area contributed by atoms with Crippen molar-refractivity contribution < 1.29 is 3.79 Å². The summed E-state index contributed by atoms with van der Waals surface area (Å²) in [5.74, 6) is 1.01. The fraction of sp³-hybridized carbons (Fsp3) is 0.750. The lowest BCUT2D eigenvalue weighted by atomic mass is 10.3. The number of hydrogen-bond acceptors (Lipinski definition) is 2. The van der Waals surface area contributed by atoms with E-state index >= 15 is 0 Å². The summed E-state index contributed by atoms with van der Waals surface area (Å²) < 4.78 is 7.41. The van der Waals surface area contributed by atoms with Crippen LogP contribution in [-0.2, 0) is 3.79 Å². The Morgan fingerprint density at radius 1 is 1.13 bits per heavy atom. The molecule has 0 aliphatic heterocycles. The molecule has 2 nitrogen and oxygen atoms in total. The van der Waals surface area contributed by atoms with Gasteiger partial charge in [-0.15, -0.1) is 0 Å². The fourth-order valence-electron chi connectivity index (χ4n) is 1.65. The van der Waals surface area contributed by atoms with Gasteiger partial charge in [-0.1, -0.05) is 27.7 Å². The van der Waals surface area contributed by atoms with E-state index in [4.69, 9.17) is 3.79 Å². The van der Waals surface area contributed by atoms with Crippen LogP contribution in [0.3, 0.4) is 0 Å². The van der Waals surface area contributed by atoms with E-state index in [-0.39, 0.29) is 0 Å². The molecule has 15 heavy (non-hydrogen) atoms. The van der Waals surface area contributed by atoms with E-state index in [1.54, 1.807) is 7.05 Å². The molecule has 0 amide bonds. The Kier molecular flexibility index (Phi) is 6.97. The summed E-state index contributed by atoms with van der Waals surface area (Å²) in [7, 11) is 1.80. The van der Waals surface area contributed by atoms with Crippen molar-refractivity contribution in [2.45, 2.75) is 51.1 Å². The van der Waals surface area contributed by atoms with Crippen molar-refractivity contribution in [2.24, 2.45) is 4.99 Å². The molecule has 86 valence electrons. The van der Waals surface area contributed by atoms with Gasteiger partial charge in [-0.2, -0.15) is 0 Å². The number of hydrogen-bond donors (Lipinski definition) is 0. The van der Waals surface area contributed by atoms with Gasteiger partial charge >= 0.3 is 14.5 Å². The summed E-state index contributed by atoms with van der Waals surface area (Å²) in [4.78, 5) is 4.10. The van der Waals surface area contributed by atoms with Crippen LogP contribution in [0.15, 0.2) is 16.8 Å². The summed E-state index contributed by atoms with van der Waals surface area (Å²) in [5, 5.41) is 0. The molecule has 0 saturated carbocycles. The second-order valence-electron chi connectivity index (χ2n) is 4.69. The Labute approximate surface area is 99.2 Å². The highest BCUT2D eigenvalue weighted by Gasteiger charge is 2.31. The van der Waals surface area contributed by atoms with E-state index in [2.05, 4.69) is 32.7 Å². The van der Waals surface area contributed by atoms with E-state index in [9.17, 15) is 0 Å². The van der Waals surface area contributed by atoms with Crippen LogP contribution in [-0.4, -0.2) is 27.2 Å². The molecular weight excluding hydrogens is 201 g/mol. The topological polar surface area (TPSA) is 21.6 Å². The Morgan fingerprint density at radius 2 is 1.60 bits per heavy atom. The maximum Gasteiger partial charge on any atom is 0.552 e. The van der Waals surface area contributed by atoms with Crippen LogP contribution in [0.25, 0.3) is 0 Å². The summed E-state index contributed by atoms with van der Waals surface area (Å²) in [6, 6.07) is 0. The van der Waals surface area contributed by atoms with Gasteiger partial charge in [0.05, 0.1) is 5.76 Å². The van der Waals surface area contributed by atoms with Crippen molar-refractivity contribution in [3.63, 3.8) is 0 Å². The third-order valence-corrected chi connectivity index (χ3v) is 5.67. The quantitative estimate of drug-likeness (QED) is 0.396. The lowest BCUT2D eigenvalue weighted by Crippen LogP contribution is -2.24. The molecule has 3 heteroatoms. The average molecular weight is 225 g/mol. The first-order valence-electron chi connectivity index (χ1n) is 5.66. The van der Waals surface area contributed by atoms with Crippen molar-refractivity contribution in [3.05, 3.63) is 11.8 Å². The van der Waals surface area contributed by atoms with Crippen LogP contribution in [0.5, 0.6) is 0 Å². The highest BCUT2D eigenvalue weighted by molar-refractivity contribution is 6.55. The van der Waals surface area contributed by atoms with Gasteiger partial charge in [0.2, 0.25) is 0 Å². The molecule has 0 N–H and O–H groups in total. The number of nitrogens with zero attached hydrogens (tertiary/aromatic N) is 1. The van der Waals surface area contributed by atoms with Crippen LogP contribution < -0.4 is 0 Å². The van der Waals surface area contributed by atoms with E-state index in [1.165, 1.54) is 0 Å². The summed E-state index contributed by atoms with van der Waals surface area (Å²) in [6.45, 7) is 13.0. The van der Waals surface area contributed by atoms with Gasteiger partial charge in [0.15, 0.2) is 0 Å². The van der Waals surface area contributed by atoms with Gasteiger partial charge in [-0.3, -0.25) is 4.99 Å². The van der Waals surface area contributed by atoms with Gasteiger partial charge in [0.25, 0.3) is 0 Å². The van der Waals surface area contributed by atoms with Crippen LogP contribution in [0.2, 0.25) is 9.56 Å². The molecule has 0 aromatic heterocycles. The molecule has 0 atom stereocenters. The second kappa shape index (κ2) is 7.09. The van der Waals surface area contributed by atoms with E-state index in [1.807, 2.05) is 19.9 Å². The zero-order valence-corrected chi connectivity index (χ0v) is 12.3. The first-order chi connectivity index (χ1) is 6.88. The van der Waals surface area contributed by atoms with Crippen molar-refractivity contribution in [1.82, 2.24) is 0 Å². The predicted octanol–water partition coefficient (Wildman–Crippen LogP) is 3.81. The lowest BCUT2D eigenvalue weighted by molar-refractivity contribution is 0.415. The van der Waals surface area contributed by atoms with Crippen LogP contribution >= 0.6 is 0 Å². The minimum atomic E-state index is -1.13. The smallest absolute Gasteiger partial charge is 0.552 e. The first kappa shape index (κ1) is 14.7. The highest BCUT2D eigenvalue weighted by atomic mass is 27.2. The SMILES string of the molecule is CN=C(C)/C=C(/C)[O][Al]([CH](C)C)[CH](C)C. The molecule has 0 bridgehead atoms. The third kappa shape index (κ3) is 6.02.